The van der Waals surface area contributed by atoms with Gasteiger partial charge in [0.2, 0.25) is 11.8 Å². The highest BCUT2D eigenvalue weighted by atomic mass is 16.7. The first-order chi connectivity index (χ1) is 12.7. The number of rotatable bonds is 5. The lowest BCUT2D eigenvalue weighted by molar-refractivity contribution is -0.384. The Kier molecular flexibility index (Phi) is 4.91. The summed E-state index contributed by atoms with van der Waals surface area (Å²) in [5.74, 6) is 1.37. The van der Waals surface area contributed by atoms with Crippen LogP contribution >= 0.6 is 0 Å². The molecule has 0 unspecified atom stereocenters. The number of non-ortho nitro benzene ring substituents is 1. The van der Waals surface area contributed by atoms with E-state index in [0.717, 1.165) is 25.9 Å². The Balaban J connectivity index is 1.33. The molecule has 0 spiro atoms. The van der Waals surface area contributed by atoms with Gasteiger partial charge in [-0.25, -0.2) is 0 Å². The van der Waals surface area contributed by atoms with E-state index in [1.165, 1.54) is 12.1 Å². The summed E-state index contributed by atoms with van der Waals surface area (Å²) in [4.78, 5) is 12.6. The lowest BCUT2D eigenvalue weighted by Crippen LogP contribution is -2.37. The fraction of sp³-hybridized carbons (Fsp3) is 0.529. The van der Waals surface area contributed by atoms with Crippen LogP contribution in [-0.2, 0) is 16.0 Å². The first kappa shape index (κ1) is 17.1. The summed E-state index contributed by atoms with van der Waals surface area (Å²) in [6.07, 6.45) is 2.00. The van der Waals surface area contributed by atoms with Gasteiger partial charge in [-0.3, -0.25) is 15.0 Å². The number of nitro benzene ring substituents is 1. The highest BCUT2D eigenvalue weighted by molar-refractivity contribution is 5.55. The van der Waals surface area contributed by atoms with E-state index in [2.05, 4.69) is 15.1 Å². The van der Waals surface area contributed by atoms with E-state index in [1.807, 2.05) is 0 Å². The van der Waals surface area contributed by atoms with E-state index in [4.69, 9.17) is 13.9 Å². The van der Waals surface area contributed by atoms with Crippen molar-refractivity contribution in [2.24, 2.45) is 5.92 Å². The van der Waals surface area contributed by atoms with Gasteiger partial charge in [0.15, 0.2) is 6.29 Å². The minimum absolute atomic E-state index is 0.0339. The molecule has 0 radical (unpaired) electrons. The van der Waals surface area contributed by atoms with Gasteiger partial charge in [-0.05, 0) is 38.1 Å². The van der Waals surface area contributed by atoms with Crippen molar-refractivity contribution in [1.29, 1.82) is 0 Å². The maximum atomic E-state index is 10.7. The minimum atomic E-state index is -0.436. The molecule has 0 N–H and O–H groups in total. The van der Waals surface area contributed by atoms with Crippen molar-refractivity contribution >= 4 is 5.69 Å². The van der Waals surface area contributed by atoms with Crippen LogP contribution in [0.3, 0.4) is 0 Å². The Morgan fingerprint density at radius 2 is 1.81 bits per heavy atom. The number of likely N-dealkylation sites (tertiary alicyclic amines) is 1. The van der Waals surface area contributed by atoms with Crippen LogP contribution in [0.1, 0.15) is 18.7 Å². The SMILES string of the molecule is O=[N+]([O-])c1ccc(-c2nnc(CN3CCC(C4OCCO4)CC3)o2)cc1. The largest absolute Gasteiger partial charge is 0.419 e. The molecule has 4 rings (SSSR count). The van der Waals surface area contributed by atoms with Crippen LogP contribution in [0.5, 0.6) is 0 Å². The average Bonchev–Trinajstić information content (AvgIpc) is 3.35. The van der Waals surface area contributed by atoms with E-state index >= 15 is 0 Å². The Hall–Kier alpha value is -2.36. The van der Waals surface area contributed by atoms with Crippen molar-refractivity contribution in [1.82, 2.24) is 15.1 Å². The van der Waals surface area contributed by atoms with E-state index in [-0.39, 0.29) is 12.0 Å². The smallest absolute Gasteiger partial charge is 0.269 e. The van der Waals surface area contributed by atoms with E-state index in [0.29, 0.717) is 43.0 Å². The Morgan fingerprint density at radius 3 is 2.46 bits per heavy atom. The summed E-state index contributed by atoms with van der Waals surface area (Å²) in [6, 6.07) is 6.08. The summed E-state index contributed by atoms with van der Waals surface area (Å²) in [6.45, 7) is 3.85. The van der Waals surface area contributed by atoms with Crippen LogP contribution in [-0.4, -0.2) is 52.6 Å². The van der Waals surface area contributed by atoms with Gasteiger partial charge in [-0.2, -0.15) is 0 Å². The molecule has 138 valence electrons. The molecule has 26 heavy (non-hydrogen) atoms. The van der Waals surface area contributed by atoms with Crippen LogP contribution in [0, 0.1) is 16.0 Å². The predicted octanol–water partition coefficient (Wildman–Crippen LogP) is 2.23. The van der Waals surface area contributed by atoms with Gasteiger partial charge < -0.3 is 13.9 Å². The zero-order valence-corrected chi connectivity index (χ0v) is 14.2. The van der Waals surface area contributed by atoms with E-state index < -0.39 is 4.92 Å². The van der Waals surface area contributed by atoms with Gasteiger partial charge in [-0.1, -0.05) is 0 Å². The molecule has 1 aromatic heterocycles. The van der Waals surface area contributed by atoms with Crippen LogP contribution in [0.25, 0.3) is 11.5 Å². The van der Waals surface area contributed by atoms with Crippen LogP contribution in [0.2, 0.25) is 0 Å². The number of hydrogen-bond donors (Lipinski definition) is 0. The molecule has 3 heterocycles. The zero-order chi connectivity index (χ0) is 17.9. The number of aromatic nitrogens is 2. The molecule has 2 aromatic rings. The summed E-state index contributed by atoms with van der Waals surface area (Å²) in [5.41, 5.74) is 0.704. The van der Waals surface area contributed by atoms with Crippen molar-refractivity contribution in [2.45, 2.75) is 25.7 Å². The number of hydrogen-bond acceptors (Lipinski definition) is 8. The molecule has 0 atom stereocenters. The molecule has 9 nitrogen and oxygen atoms in total. The minimum Gasteiger partial charge on any atom is -0.419 e. The number of nitrogens with zero attached hydrogens (tertiary/aromatic N) is 4. The van der Waals surface area contributed by atoms with Gasteiger partial charge in [0.25, 0.3) is 5.69 Å². The summed E-state index contributed by atoms with van der Waals surface area (Å²) in [5, 5.41) is 18.9. The second-order valence-electron chi connectivity index (χ2n) is 6.53. The number of nitro groups is 1. The quantitative estimate of drug-likeness (QED) is 0.590. The molecule has 1 aromatic carbocycles. The second kappa shape index (κ2) is 7.48. The fourth-order valence-electron chi connectivity index (χ4n) is 3.38. The topological polar surface area (TPSA) is 104 Å². The number of ether oxygens (including phenoxy) is 2. The first-order valence-corrected chi connectivity index (χ1v) is 8.72. The highest BCUT2D eigenvalue weighted by Crippen LogP contribution is 2.27. The van der Waals surface area contributed by atoms with Gasteiger partial charge in [0.05, 0.1) is 24.7 Å². The molecule has 0 aliphatic carbocycles. The molecule has 2 saturated heterocycles. The number of benzene rings is 1. The molecule has 2 aliphatic heterocycles. The average molecular weight is 360 g/mol. The van der Waals surface area contributed by atoms with E-state index in [9.17, 15) is 10.1 Å². The second-order valence-corrected chi connectivity index (χ2v) is 6.53. The molecule has 2 aliphatic rings. The molecular formula is C17H20N4O5. The summed E-state index contributed by atoms with van der Waals surface area (Å²) >= 11 is 0. The van der Waals surface area contributed by atoms with Crippen molar-refractivity contribution in [3.8, 4) is 11.5 Å². The monoisotopic (exact) mass is 360 g/mol. The van der Waals surface area contributed by atoms with Gasteiger partial charge >= 0.3 is 0 Å². The Morgan fingerprint density at radius 1 is 1.12 bits per heavy atom. The summed E-state index contributed by atoms with van der Waals surface area (Å²) < 4.78 is 16.9. The summed E-state index contributed by atoms with van der Waals surface area (Å²) in [7, 11) is 0. The number of piperidine rings is 1. The van der Waals surface area contributed by atoms with E-state index in [1.54, 1.807) is 12.1 Å². The fourth-order valence-corrected chi connectivity index (χ4v) is 3.38. The van der Waals surface area contributed by atoms with Crippen LogP contribution in [0.15, 0.2) is 28.7 Å². The molecule has 2 fully saturated rings. The van der Waals surface area contributed by atoms with Crippen molar-refractivity contribution < 1.29 is 18.8 Å². The Labute approximate surface area is 150 Å². The molecule has 0 saturated carbocycles. The highest BCUT2D eigenvalue weighted by Gasteiger charge is 2.30. The lowest BCUT2D eigenvalue weighted by Gasteiger charge is -2.32. The van der Waals surface area contributed by atoms with Crippen molar-refractivity contribution in [3.05, 3.63) is 40.3 Å². The third-order valence-electron chi connectivity index (χ3n) is 4.82. The predicted molar refractivity (Wildman–Crippen MR) is 90.1 cm³/mol. The van der Waals surface area contributed by atoms with Crippen LogP contribution < -0.4 is 0 Å². The molecule has 0 bridgehead atoms. The molecule has 0 amide bonds. The zero-order valence-electron chi connectivity index (χ0n) is 14.2. The molecule has 9 heteroatoms. The van der Waals surface area contributed by atoms with Crippen LogP contribution in [0.4, 0.5) is 5.69 Å². The van der Waals surface area contributed by atoms with Gasteiger partial charge in [0, 0.05) is 23.6 Å². The maximum Gasteiger partial charge on any atom is 0.269 e. The third-order valence-corrected chi connectivity index (χ3v) is 4.82. The maximum absolute atomic E-state index is 10.7. The van der Waals surface area contributed by atoms with Crippen molar-refractivity contribution in [2.75, 3.05) is 26.3 Å². The normalized spacial score (nSPS) is 19.8. The van der Waals surface area contributed by atoms with Gasteiger partial charge in [0.1, 0.15) is 0 Å². The standard InChI is InChI=1S/C17H20N4O5/c22-21(23)14-3-1-12(2-4-14)16-19-18-15(26-16)11-20-7-5-13(6-8-20)17-24-9-10-25-17/h1-4,13,17H,5-11H2. The van der Waals surface area contributed by atoms with Gasteiger partial charge in [-0.15, -0.1) is 10.2 Å². The first-order valence-electron chi connectivity index (χ1n) is 8.72. The lowest BCUT2D eigenvalue weighted by atomic mass is 9.96. The molecular weight excluding hydrogens is 340 g/mol. The third kappa shape index (κ3) is 3.74. The van der Waals surface area contributed by atoms with Crippen molar-refractivity contribution in [3.63, 3.8) is 0 Å². The Bertz CT molecular complexity index is 749.